The zero-order chi connectivity index (χ0) is 4.62. The molecule has 0 aromatic carbocycles. The Morgan fingerprint density at radius 2 is 1.50 bits per heavy atom. The molecule has 36 valence electrons. The van der Waals surface area contributed by atoms with Crippen LogP contribution in [0.2, 0.25) is 0 Å². The SMILES string of the molecule is ClC1(Cl)CCC1. The van der Waals surface area contributed by atoms with Gasteiger partial charge in [0, 0.05) is 0 Å². The molecule has 1 rings (SSSR count). The van der Waals surface area contributed by atoms with Crippen molar-refractivity contribution in [1.82, 2.24) is 0 Å². The Morgan fingerprint density at radius 3 is 1.50 bits per heavy atom. The predicted molar refractivity (Wildman–Crippen MR) is 28.3 cm³/mol. The second-order valence-electron chi connectivity index (χ2n) is 1.71. The van der Waals surface area contributed by atoms with E-state index in [1.165, 1.54) is 6.42 Å². The molecule has 0 aromatic rings. The van der Waals surface area contributed by atoms with E-state index in [9.17, 15) is 0 Å². The summed E-state index contributed by atoms with van der Waals surface area (Å²) in [6.45, 7) is 0. The average Bonchev–Trinajstić information content (AvgIpc) is 1.32. The summed E-state index contributed by atoms with van der Waals surface area (Å²) in [5.74, 6) is 0. The third-order valence-electron chi connectivity index (χ3n) is 1.09. The van der Waals surface area contributed by atoms with Crippen LogP contribution in [0.15, 0.2) is 0 Å². The largest absolute Gasteiger partial charge is 0.118 e. The molecule has 0 bridgehead atoms. The van der Waals surface area contributed by atoms with Crippen molar-refractivity contribution in [2.75, 3.05) is 0 Å². The fraction of sp³-hybridized carbons (Fsp3) is 1.00. The Kier molecular flexibility index (Phi) is 1.01. The minimum Gasteiger partial charge on any atom is -0.102 e. The zero-order valence-electron chi connectivity index (χ0n) is 3.38. The third-order valence-corrected chi connectivity index (χ3v) is 1.84. The van der Waals surface area contributed by atoms with Gasteiger partial charge in [-0.1, -0.05) is 0 Å². The van der Waals surface area contributed by atoms with Crippen molar-refractivity contribution < 1.29 is 0 Å². The number of rotatable bonds is 0. The molecule has 0 amide bonds. The van der Waals surface area contributed by atoms with Gasteiger partial charge in [-0.2, -0.15) is 0 Å². The number of hydrogen-bond donors (Lipinski definition) is 0. The topological polar surface area (TPSA) is 0 Å². The minimum atomic E-state index is -0.333. The van der Waals surface area contributed by atoms with E-state index in [4.69, 9.17) is 23.2 Å². The Bertz CT molecular complexity index is 52.6. The maximum Gasteiger partial charge on any atom is 0.118 e. The summed E-state index contributed by atoms with van der Waals surface area (Å²) < 4.78 is -0.333. The van der Waals surface area contributed by atoms with E-state index in [-0.39, 0.29) is 4.33 Å². The van der Waals surface area contributed by atoms with Gasteiger partial charge in [-0.05, 0) is 19.3 Å². The van der Waals surface area contributed by atoms with Crippen LogP contribution >= 0.6 is 23.2 Å². The van der Waals surface area contributed by atoms with Crippen molar-refractivity contribution in [2.45, 2.75) is 23.6 Å². The molecule has 0 N–H and O–H groups in total. The lowest BCUT2D eigenvalue weighted by Gasteiger charge is -2.27. The molecule has 0 spiro atoms. The van der Waals surface area contributed by atoms with Gasteiger partial charge in [0.1, 0.15) is 4.33 Å². The molecule has 1 fully saturated rings. The van der Waals surface area contributed by atoms with Crippen LogP contribution in [0.3, 0.4) is 0 Å². The van der Waals surface area contributed by atoms with Gasteiger partial charge in [-0.25, -0.2) is 0 Å². The van der Waals surface area contributed by atoms with Crippen molar-refractivity contribution in [3.63, 3.8) is 0 Å². The summed E-state index contributed by atoms with van der Waals surface area (Å²) in [5.41, 5.74) is 0. The van der Waals surface area contributed by atoms with E-state index >= 15 is 0 Å². The molecule has 0 unspecified atom stereocenters. The lowest BCUT2D eigenvalue weighted by molar-refractivity contribution is 0.467. The second-order valence-corrected chi connectivity index (χ2v) is 3.35. The van der Waals surface area contributed by atoms with Crippen molar-refractivity contribution in [1.29, 1.82) is 0 Å². The van der Waals surface area contributed by atoms with E-state index < -0.39 is 0 Å². The highest BCUT2D eigenvalue weighted by Crippen LogP contribution is 2.41. The van der Waals surface area contributed by atoms with Crippen LogP contribution in [0.1, 0.15) is 19.3 Å². The van der Waals surface area contributed by atoms with Gasteiger partial charge in [0.2, 0.25) is 0 Å². The van der Waals surface area contributed by atoms with Crippen LogP contribution in [-0.2, 0) is 0 Å². The van der Waals surface area contributed by atoms with Crippen molar-refractivity contribution in [2.24, 2.45) is 0 Å². The van der Waals surface area contributed by atoms with E-state index in [0.717, 1.165) is 12.8 Å². The third kappa shape index (κ3) is 0.797. The molecule has 6 heavy (non-hydrogen) atoms. The fourth-order valence-electron chi connectivity index (χ4n) is 0.444. The normalized spacial score (nSPS) is 29.0. The summed E-state index contributed by atoms with van der Waals surface area (Å²) in [4.78, 5) is 0. The quantitative estimate of drug-likeness (QED) is 0.436. The number of alkyl halides is 2. The first-order chi connectivity index (χ1) is 2.71. The number of halogens is 2. The van der Waals surface area contributed by atoms with Gasteiger partial charge in [0.15, 0.2) is 0 Å². The van der Waals surface area contributed by atoms with Crippen LogP contribution in [0.25, 0.3) is 0 Å². The molecule has 1 aliphatic carbocycles. The van der Waals surface area contributed by atoms with Gasteiger partial charge in [0.25, 0.3) is 0 Å². The molecule has 0 atom stereocenters. The van der Waals surface area contributed by atoms with Crippen molar-refractivity contribution in [3.8, 4) is 0 Å². The Labute approximate surface area is 47.4 Å². The highest BCUT2D eigenvalue weighted by Gasteiger charge is 2.31. The maximum absolute atomic E-state index is 5.57. The molecule has 0 aliphatic heterocycles. The summed E-state index contributed by atoms with van der Waals surface area (Å²) >= 11 is 11.1. The lowest BCUT2D eigenvalue weighted by Crippen LogP contribution is -2.21. The standard InChI is InChI=1S/C4H6Cl2/c5-4(6)2-1-3-4/h1-3H2. The lowest BCUT2D eigenvalue weighted by atomic mass is 9.99. The summed E-state index contributed by atoms with van der Waals surface area (Å²) in [6, 6.07) is 0. The Morgan fingerprint density at radius 1 is 1.17 bits per heavy atom. The van der Waals surface area contributed by atoms with E-state index in [1.54, 1.807) is 0 Å². The molecule has 2 heteroatoms. The van der Waals surface area contributed by atoms with Crippen LogP contribution in [0.5, 0.6) is 0 Å². The minimum absolute atomic E-state index is 0.333. The molecule has 0 radical (unpaired) electrons. The van der Waals surface area contributed by atoms with Crippen LogP contribution in [0.4, 0.5) is 0 Å². The highest BCUT2D eigenvalue weighted by atomic mass is 35.5. The molecular weight excluding hydrogens is 119 g/mol. The van der Waals surface area contributed by atoms with Crippen LogP contribution in [0, 0.1) is 0 Å². The van der Waals surface area contributed by atoms with Gasteiger partial charge >= 0.3 is 0 Å². The van der Waals surface area contributed by atoms with E-state index in [1.807, 2.05) is 0 Å². The molecular formula is C4H6Cl2. The van der Waals surface area contributed by atoms with Gasteiger partial charge in [-0.15, -0.1) is 23.2 Å². The van der Waals surface area contributed by atoms with Crippen LogP contribution < -0.4 is 0 Å². The Hall–Kier alpha value is 0.580. The molecule has 0 aromatic heterocycles. The fourth-order valence-corrected chi connectivity index (χ4v) is 0.979. The van der Waals surface area contributed by atoms with Gasteiger partial charge in [0.05, 0.1) is 0 Å². The van der Waals surface area contributed by atoms with Crippen molar-refractivity contribution in [3.05, 3.63) is 0 Å². The first-order valence-electron chi connectivity index (χ1n) is 2.09. The first kappa shape index (κ1) is 4.73. The maximum atomic E-state index is 5.57. The van der Waals surface area contributed by atoms with Crippen molar-refractivity contribution >= 4 is 23.2 Å². The molecule has 0 heterocycles. The summed E-state index contributed by atoms with van der Waals surface area (Å²) in [5, 5.41) is 0. The molecule has 1 aliphatic rings. The average molecular weight is 125 g/mol. The summed E-state index contributed by atoms with van der Waals surface area (Å²) in [6.07, 6.45) is 3.17. The molecule has 0 saturated heterocycles. The first-order valence-corrected chi connectivity index (χ1v) is 2.84. The van der Waals surface area contributed by atoms with E-state index in [0.29, 0.717) is 0 Å². The number of hydrogen-bond acceptors (Lipinski definition) is 0. The monoisotopic (exact) mass is 124 g/mol. The molecule has 1 saturated carbocycles. The van der Waals surface area contributed by atoms with E-state index in [2.05, 4.69) is 0 Å². The highest BCUT2D eigenvalue weighted by molar-refractivity contribution is 6.48. The second kappa shape index (κ2) is 1.28. The van der Waals surface area contributed by atoms with Gasteiger partial charge < -0.3 is 0 Å². The smallest absolute Gasteiger partial charge is 0.102 e. The zero-order valence-corrected chi connectivity index (χ0v) is 4.89. The van der Waals surface area contributed by atoms with Crippen LogP contribution in [-0.4, -0.2) is 4.33 Å². The summed E-state index contributed by atoms with van der Waals surface area (Å²) in [7, 11) is 0. The Balaban J connectivity index is 2.31. The molecule has 0 nitrogen and oxygen atoms in total. The van der Waals surface area contributed by atoms with Gasteiger partial charge in [-0.3, -0.25) is 0 Å². The predicted octanol–water partition coefficient (Wildman–Crippen LogP) is 2.34.